The zero-order valence-corrected chi connectivity index (χ0v) is 11.1. The van der Waals surface area contributed by atoms with Crippen LogP contribution >= 0.6 is 0 Å². The van der Waals surface area contributed by atoms with Crippen LogP contribution < -0.4 is 11.5 Å². The van der Waals surface area contributed by atoms with Crippen molar-refractivity contribution in [2.45, 2.75) is 0 Å². The maximum atomic E-state index is 6.11. The molecule has 98 valence electrons. The lowest BCUT2D eigenvalue weighted by molar-refractivity contribution is 1.58. The average Bonchev–Trinajstić information content (AvgIpc) is 2.49. The molecule has 3 aromatic carbocycles. The van der Waals surface area contributed by atoms with E-state index < -0.39 is 0 Å². The summed E-state index contributed by atoms with van der Waals surface area (Å²) in [7, 11) is 0. The number of nitrogen functional groups attached to an aromatic ring is 2. The van der Waals surface area contributed by atoms with E-state index in [0.717, 1.165) is 33.6 Å². The molecule has 0 fully saturated rings. The molecule has 3 rings (SSSR count). The Bertz CT molecular complexity index is 733. The molecule has 0 aromatic heterocycles. The first-order chi connectivity index (χ1) is 9.75. The molecule has 0 spiro atoms. The summed E-state index contributed by atoms with van der Waals surface area (Å²) in [5.74, 6) is 0. The van der Waals surface area contributed by atoms with Crippen LogP contribution in [-0.4, -0.2) is 0 Å². The Hall–Kier alpha value is -2.74. The van der Waals surface area contributed by atoms with Crippen LogP contribution in [0.2, 0.25) is 0 Å². The van der Waals surface area contributed by atoms with Crippen molar-refractivity contribution in [2.75, 3.05) is 11.5 Å². The van der Waals surface area contributed by atoms with Gasteiger partial charge in [-0.2, -0.15) is 0 Å². The van der Waals surface area contributed by atoms with Crippen LogP contribution in [0.25, 0.3) is 22.3 Å². The standard InChI is InChI=1S/C18H16N2/c19-17-9-5-4-8-15(17)14-10-11-18(20)16(12-14)13-6-2-1-3-7-13/h1-12H,19-20H2. The molecule has 0 heterocycles. The summed E-state index contributed by atoms with van der Waals surface area (Å²) in [5, 5.41) is 0. The van der Waals surface area contributed by atoms with Gasteiger partial charge in [-0.15, -0.1) is 0 Å². The first-order valence-electron chi connectivity index (χ1n) is 6.55. The van der Waals surface area contributed by atoms with Crippen LogP contribution in [0.3, 0.4) is 0 Å². The lowest BCUT2D eigenvalue weighted by Crippen LogP contribution is -1.93. The van der Waals surface area contributed by atoms with Crippen LogP contribution in [0.4, 0.5) is 11.4 Å². The van der Waals surface area contributed by atoms with Crippen molar-refractivity contribution in [2.24, 2.45) is 0 Å². The lowest BCUT2D eigenvalue weighted by atomic mass is 9.97. The van der Waals surface area contributed by atoms with Crippen LogP contribution in [0, 0.1) is 0 Å². The Morgan fingerprint density at radius 1 is 0.500 bits per heavy atom. The number of rotatable bonds is 2. The van der Waals surface area contributed by atoms with Gasteiger partial charge in [-0.3, -0.25) is 0 Å². The summed E-state index contributed by atoms with van der Waals surface area (Å²) in [6.07, 6.45) is 0. The van der Waals surface area contributed by atoms with Crippen LogP contribution in [-0.2, 0) is 0 Å². The molecule has 3 aromatic rings. The van der Waals surface area contributed by atoms with E-state index in [4.69, 9.17) is 11.5 Å². The van der Waals surface area contributed by atoms with Crippen molar-refractivity contribution >= 4 is 11.4 Å². The van der Waals surface area contributed by atoms with Gasteiger partial charge < -0.3 is 11.5 Å². The molecule has 0 radical (unpaired) electrons. The van der Waals surface area contributed by atoms with Crippen LogP contribution in [0.15, 0.2) is 72.8 Å². The van der Waals surface area contributed by atoms with Gasteiger partial charge in [0.25, 0.3) is 0 Å². The summed E-state index contributed by atoms with van der Waals surface area (Å²) in [5.41, 5.74) is 18.0. The van der Waals surface area contributed by atoms with Crippen molar-refractivity contribution < 1.29 is 0 Å². The highest BCUT2D eigenvalue weighted by atomic mass is 14.6. The van der Waals surface area contributed by atoms with E-state index >= 15 is 0 Å². The fourth-order valence-electron chi connectivity index (χ4n) is 2.35. The van der Waals surface area contributed by atoms with Gasteiger partial charge >= 0.3 is 0 Å². The molecule has 0 unspecified atom stereocenters. The highest BCUT2D eigenvalue weighted by Crippen LogP contribution is 2.33. The minimum absolute atomic E-state index is 0.773. The first kappa shape index (κ1) is 12.3. The third-order valence-corrected chi connectivity index (χ3v) is 3.41. The highest BCUT2D eigenvalue weighted by Gasteiger charge is 2.07. The summed E-state index contributed by atoms with van der Waals surface area (Å²) in [4.78, 5) is 0. The molecular formula is C18H16N2. The third kappa shape index (κ3) is 2.24. The van der Waals surface area contributed by atoms with E-state index in [0.29, 0.717) is 0 Å². The van der Waals surface area contributed by atoms with E-state index in [-0.39, 0.29) is 0 Å². The second-order valence-electron chi connectivity index (χ2n) is 4.76. The van der Waals surface area contributed by atoms with Gasteiger partial charge in [0.05, 0.1) is 0 Å². The number of anilines is 2. The minimum atomic E-state index is 0.773. The molecule has 0 aliphatic rings. The molecule has 2 nitrogen and oxygen atoms in total. The van der Waals surface area contributed by atoms with Gasteiger partial charge in [0.1, 0.15) is 0 Å². The van der Waals surface area contributed by atoms with Gasteiger partial charge in [0.2, 0.25) is 0 Å². The molecule has 2 heteroatoms. The van der Waals surface area contributed by atoms with Crippen LogP contribution in [0.5, 0.6) is 0 Å². The zero-order chi connectivity index (χ0) is 13.9. The topological polar surface area (TPSA) is 52.0 Å². The predicted molar refractivity (Wildman–Crippen MR) is 86.1 cm³/mol. The Labute approximate surface area is 118 Å². The van der Waals surface area contributed by atoms with E-state index in [1.165, 1.54) is 0 Å². The van der Waals surface area contributed by atoms with E-state index in [1.54, 1.807) is 0 Å². The Morgan fingerprint density at radius 2 is 1.15 bits per heavy atom. The van der Waals surface area contributed by atoms with E-state index in [2.05, 4.69) is 18.2 Å². The van der Waals surface area contributed by atoms with Gasteiger partial charge in [0, 0.05) is 22.5 Å². The van der Waals surface area contributed by atoms with E-state index in [1.807, 2.05) is 54.6 Å². The second kappa shape index (κ2) is 5.10. The monoisotopic (exact) mass is 260 g/mol. The van der Waals surface area contributed by atoms with Crippen molar-refractivity contribution in [1.29, 1.82) is 0 Å². The summed E-state index contributed by atoms with van der Waals surface area (Å²) < 4.78 is 0. The third-order valence-electron chi connectivity index (χ3n) is 3.41. The number of nitrogens with two attached hydrogens (primary N) is 2. The SMILES string of the molecule is Nc1ccccc1-c1ccc(N)c(-c2ccccc2)c1. The minimum Gasteiger partial charge on any atom is -0.398 e. The predicted octanol–water partition coefficient (Wildman–Crippen LogP) is 4.19. The molecule has 20 heavy (non-hydrogen) atoms. The number of hydrogen-bond donors (Lipinski definition) is 2. The molecule has 0 saturated carbocycles. The maximum Gasteiger partial charge on any atom is 0.0394 e. The number of hydrogen-bond acceptors (Lipinski definition) is 2. The average molecular weight is 260 g/mol. The van der Waals surface area contributed by atoms with E-state index in [9.17, 15) is 0 Å². The molecule has 0 aliphatic heterocycles. The first-order valence-corrected chi connectivity index (χ1v) is 6.55. The van der Waals surface area contributed by atoms with Crippen molar-refractivity contribution in [3.05, 3.63) is 72.8 Å². The molecule has 0 saturated heterocycles. The molecule has 4 N–H and O–H groups in total. The Kier molecular flexibility index (Phi) is 3.13. The van der Waals surface area contributed by atoms with Crippen LogP contribution in [0.1, 0.15) is 0 Å². The molecular weight excluding hydrogens is 244 g/mol. The normalized spacial score (nSPS) is 10.4. The lowest BCUT2D eigenvalue weighted by Gasteiger charge is -2.11. The summed E-state index contributed by atoms with van der Waals surface area (Å²) in [6.45, 7) is 0. The number of benzene rings is 3. The molecule has 0 aliphatic carbocycles. The maximum absolute atomic E-state index is 6.11. The fraction of sp³-hybridized carbons (Fsp3) is 0. The Balaban J connectivity index is 2.15. The Morgan fingerprint density at radius 3 is 1.90 bits per heavy atom. The number of para-hydroxylation sites is 1. The molecule has 0 atom stereocenters. The highest BCUT2D eigenvalue weighted by molar-refractivity contribution is 5.85. The zero-order valence-electron chi connectivity index (χ0n) is 11.1. The summed E-state index contributed by atoms with van der Waals surface area (Å²) in [6, 6.07) is 24.0. The van der Waals surface area contributed by atoms with Crippen molar-refractivity contribution in [3.8, 4) is 22.3 Å². The largest absolute Gasteiger partial charge is 0.398 e. The van der Waals surface area contributed by atoms with Crippen molar-refractivity contribution in [3.63, 3.8) is 0 Å². The quantitative estimate of drug-likeness (QED) is 0.679. The van der Waals surface area contributed by atoms with Gasteiger partial charge in [0.15, 0.2) is 0 Å². The fourth-order valence-corrected chi connectivity index (χ4v) is 2.35. The van der Waals surface area contributed by atoms with Gasteiger partial charge in [-0.05, 0) is 29.3 Å². The van der Waals surface area contributed by atoms with Crippen molar-refractivity contribution in [1.82, 2.24) is 0 Å². The van der Waals surface area contributed by atoms with Gasteiger partial charge in [-0.25, -0.2) is 0 Å². The smallest absolute Gasteiger partial charge is 0.0394 e. The van der Waals surface area contributed by atoms with Gasteiger partial charge in [-0.1, -0.05) is 54.6 Å². The molecule has 0 bridgehead atoms. The summed E-state index contributed by atoms with van der Waals surface area (Å²) >= 11 is 0. The molecule has 0 amide bonds. The second-order valence-corrected chi connectivity index (χ2v) is 4.76.